The summed E-state index contributed by atoms with van der Waals surface area (Å²) in [5.74, 6) is -0.660. The fourth-order valence-electron chi connectivity index (χ4n) is 2.10. The molecule has 0 atom stereocenters. The van der Waals surface area contributed by atoms with Crippen molar-refractivity contribution in [2.45, 2.75) is 32.2 Å². The number of rotatable bonds is 6. The summed E-state index contributed by atoms with van der Waals surface area (Å²) in [6, 6.07) is 0.655. The topological polar surface area (TPSA) is 52.6 Å². The van der Waals surface area contributed by atoms with E-state index in [0.717, 1.165) is 13.0 Å². The largest absolute Gasteiger partial charge is 0.333 e. The average Bonchev–Trinajstić information content (AvgIpc) is 3.12. The molecule has 17 heavy (non-hydrogen) atoms. The molecule has 2 amide bonds. The van der Waals surface area contributed by atoms with E-state index in [9.17, 15) is 9.59 Å². The molecule has 0 aromatic carbocycles. The molecule has 0 unspecified atom stereocenters. The van der Waals surface area contributed by atoms with Crippen LogP contribution in [0.2, 0.25) is 0 Å². The smallest absolute Gasteiger partial charge is 0.312 e. The quantitative estimate of drug-likeness (QED) is 0.654. The van der Waals surface area contributed by atoms with Gasteiger partial charge in [0, 0.05) is 38.8 Å². The predicted molar refractivity (Wildman–Crippen MR) is 64.5 cm³/mol. The lowest BCUT2D eigenvalue weighted by atomic mass is 10.2. The molecule has 5 heteroatoms. The number of hydrogen-bond acceptors (Lipinski definition) is 3. The molecular weight excluding hydrogens is 218 g/mol. The van der Waals surface area contributed by atoms with Crippen molar-refractivity contribution in [1.29, 1.82) is 0 Å². The first kappa shape index (κ1) is 12.4. The predicted octanol–water partition coefficient (Wildman–Crippen LogP) is -0.181. The Morgan fingerprint density at radius 1 is 1.12 bits per heavy atom. The van der Waals surface area contributed by atoms with Crippen LogP contribution in [0.3, 0.4) is 0 Å². The summed E-state index contributed by atoms with van der Waals surface area (Å²) >= 11 is 0. The highest BCUT2D eigenvalue weighted by atomic mass is 16.2. The molecule has 2 fully saturated rings. The first-order chi connectivity index (χ1) is 8.22. The minimum atomic E-state index is -0.331. The van der Waals surface area contributed by atoms with Gasteiger partial charge in [-0.2, -0.15) is 0 Å². The first-order valence-electron chi connectivity index (χ1n) is 6.54. The van der Waals surface area contributed by atoms with Gasteiger partial charge in [0.25, 0.3) is 0 Å². The van der Waals surface area contributed by atoms with Crippen LogP contribution in [0, 0.1) is 0 Å². The van der Waals surface area contributed by atoms with Crippen LogP contribution >= 0.6 is 0 Å². The van der Waals surface area contributed by atoms with E-state index in [4.69, 9.17) is 0 Å². The molecule has 0 aromatic rings. The van der Waals surface area contributed by atoms with Crippen LogP contribution in [-0.2, 0) is 9.59 Å². The van der Waals surface area contributed by atoms with Crippen molar-refractivity contribution >= 4 is 11.8 Å². The van der Waals surface area contributed by atoms with E-state index in [1.54, 1.807) is 9.80 Å². The zero-order chi connectivity index (χ0) is 12.3. The molecule has 0 radical (unpaired) electrons. The van der Waals surface area contributed by atoms with Crippen LogP contribution < -0.4 is 5.32 Å². The van der Waals surface area contributed by atoms with Gasteiger partial charge in [-0.3, -0.25) is 9.59 Å². The SMILES string of the molecule is CCCN1CCN(CCNC2CC2)C(=O)C1=O. The Morgan fingerprint density at radius 3 is 2.24 bits per heavy atom. The minimum Gasteiger partial charge on any atom is -0.333 e. The summed E-state index contributed by atoms with van der Waals surface area (Å²) in [6.45, 7) is 5.53. The monoisotopic (exact) mass is 239 g/mol. The molecule has 1 N–H and O–H groups in total. The second-order valence-corrected chi connectivity index (χ2v) is 4.81. The third-order valence-corrected chi connectivity index (χ3v) is 3.28. The van der Waals surface area contributed by atoms with Crippen LogP contribution in [0.4, 0.5) is 0 Å². The Morgan fingerprint density at radius 2 is 1.71 bits per heavy atom. The lowest BCUT2D eigenvalue weighted by Crippen LogP contribution is -2.55. The molecule has 1 aliphatic carbocycles. The third kappa shape index (κ3) is 3.19. The fraction of sp³-hybridized carbons (Fsp3) is 0.833. The number of carbonyl (C=O) groups excluding carboxylic acids is 2. The summed E-state index contributed by atoms with van der Waals surface area (Å²) in [5.41, 5.74) is 0. The van der Waals surface area contributed by atoms with Gasteiger partial charge >= 0.3 is 11.8 Å². The number of nitrogens with one attached hydrogen (secondary N) is 1. The Labute approximate surface area is 102 Å². The lowest BCUT2D eigenvalue weighted by molar-refractivity contribution is -0.155. The molecule has 1 saturated carbocycles. The van der Waals surface area contributed by atoms with E-state index in [2.05, 4.69) is 5.32 Å². The standard InChI is InChI=1S/C12H21N3O2/c1-2-6-14-8-9-15(12(17)11(14)16)7-5-13-10-3-4-10/h10,13H,2-9H2,1H3. The van der Waals surface area contributed by atoms with Crippen LogP contribution in [0.5, 0.6) is 0 Å². The van der Waals surface area contributed by atoms with Gasteiger partial charge in [0.2, 0.25) is 0 Å². The second-order valence-electron chi connectivity index (χ2n) is 4.81. The normalized spacial score (nSPS) is 21.2. The van der Waals surface area contributed by atoms with Crippen LogP contribution in [0.1, 0.15) is 26.2 Å². The average molecular weight is 239 g/mol. The van der Waals surface area contributed by atoms with Gasteiger partial charge < -0.3 is 15.1 Å². The van der Waals surface area contributed by atoms with Crippen molar-refractivity contribution in [2.75, 3.05) is 32.7 Å². The lowest BCUT2D eigenvalue weighted by Gasteiger charge is -2.33. The molecule has 1 saturated heterocycles. The van der Waals surface area contributed by atoms with E-state index < -0.39 is 0 Å². The highest BCUT2D eigenvalue weighted by molar-refractivity contribution is 6.35. The summed E-state index contributed by atoms with van der Waals surface area (Å²) in [5, 5.41) is 3.36. The van der Waals surface area contributed by atoms with Gasteiger partial charge in [0.05, 0.1) is 0 Å². The molecule has 0 aromatic heterocycles. The first-order valence-corrected chi connectivity index (χ1v) is 6.54. The minimum absolute atomic E-state index is 0.329. The molecule has 2 aliphatic rings. The zero-order valence-corrected chi connectivity index (χ0v) is 10.4. The van der Waals surface area contributed by atoms with Gasteiger partial charge in [-0.1, -0.05) is 6.92 Å². The number of hydrogen-bond donors (Lipinski definition) is 1. The summed E-state index contributed by atoms with van der Waals surface area (Å²) in [6.07, 6.45) is 3.40. The van der Waals surface area contributed by atoms with Gasteiger partial charge in [0.1, 0.15) is 0 Å². The van der Waals surface area contributed by atoms with Gasteiger partial charge in [0.15, 0.2) is 0 Å². The van der Waals surface area contributed by atoms with Crippen molar-refractivity contribution < 1.29 is 9.59 Å². The maximum Gasteiger partial charge on any atom is 0.312 e. The molecule has 2 rings (SSSR count). The van der Waals surface area contributed by atoms with Gasteiger partial charge in [-0.15, -0.1) is 0 Å². The Kier molecular flexibility index (Phi) is 3.99. The molecular formula is C12H21N3O2. The van der Waals surface area contributed by atoms with Crippen molar-refractivity contribution in [3.05, 3.63) is 0 Å². The number of amides is 2. The van der Waals surface area contributed by atoms with Crippen LogP contribution in [0.15, 0.2) is 0 Å². The highest BCUT2D eigenvalue weighted by Gasteiger charge is 2.31. The molecule has 1 aliphatic heterocycles. The van der Waals surface area contributed by atoms with E-state index >= 15 is 0 Å². The van der Waals surface area contributed by atoms with Crippen molar-refractivity contribution in [3.8, 4) is 0 Å². The number of piperazine rings is 1. The third-order valence-electron chi connectivity index (χ3n) is 3.28. The maximum atomic E-state index is 11.8. The zero-order valence-electron chi connectivity index (χ0n) is 10.4. The van der Waals surface area contributed by atoms with E-state index in [-0.39, 0.29) is 11.8 Å². The molecule has 0 bridgehead atoms. The number of carbonyl (C=O) groups is 2. The van der Waals surface area contributed by atoms with Crippen molar-refractivity contribution in [2.24, 2.45) is 0 Å². The maximum absolute atomic E-state index is 11.8. The van der Waals surface area contributed by atoms with Crippen molar-refractivity contribution in [3.63, 3.8) is 0 Å². The summed E-state index contributed by atoms with van der Waals surface area (Å²) < 4.78 is 0. The molecule has 96 valence electrons. The van der Waals surface area contributed by atoms with Gasteiger partial charge in [-0.05, 0) is 19.3 Å². The Balaban J connectivity index is 1.76. The summed E-state index contributed by atoms with van der Waals surface area (Å²) in [7, 11) is 0. The van der Waals surface area contributed by atoms with E-state index in [1.807, 2.05) is 6.92 Å². The Bertz CT molecular complexity index is 302. The molecule has 1 heterocycles. The van der Waals surface area contributed by atoms with Crippen LogP contribution in [0.25, 0.3) is 0 Å². The number of nitrogens with zero attached hydrogens (tertiary/aromatic N) is 2. The summed E-state index contributed by atoms with van der Waals surface area (Å²) in [4.78, 5) is 26.9. The second kappa shape index (κ2) is 5.49. The van der Waals surface area contributed by atoms with Crippen molar-refractivity contribution in [1.82, 2.24) is 15.1 Å². The molecule has 0 spiro atoms. The van der Waals surface area contributed by atoms with Crippen LogP contribution in [-0.4, -0.2) is 60.4 Å². The van der Waals surface area contributed by atoms with E-state index in [0.29, 0.717) is 32.2 Å². The Hall–Kier alpha value is -1.10. The van der Waals surface area contributed by atoms with E-state index in [1.165, 1.54) is 12.8 Å². The van der Waals surface area contributed by atoms with Gasteiger partial charge in [-0.25, -0.2) is 0 Å². The fourth-order valence-corrected chi connectivity index (χ4v) is 2.10. The highest BCUT2D eigenvalue weighted by Crippen LogP contribution is 2.18. The molecule has 5 nitrogen and oxygen atoms in total.